The summed E-state index contributed by atoms with van der Waals surface area (Å²) in [4.78, 5) is 17.6. The zero-order valence-corrected chi connectivity index (χ0v) is 25.2. The van der Waals surface area contributed by atoms with Crippen LogP contribution < -0.4 is 15.4 Å². The number of amides is 1. The lowest BCUT2D eigenvalue weighted by atomic mass is 9.86. The molecule has 2 aromatic heterocycles. The number of benzene rings is 1. The predicted octanol–water partition coefficient (Wildman–Crippen LogP) is 5.93. The van der Waals surface area contributed by atoms with Crippen molar-refractivity contribution >= 4 is 39.0 Å². The molecule has 2 heterocycles. The van der Waals surface area contributed by atoms with Crippen molar-refractivity contribution in [3.8, 4) is 10.4 Å². The van der Waals surface area contributed by atoms with Gasteiger partial charge in [-0.1, -0.05) is 26.8 Å². The molecule has 1 fully saturated rings. The normalized spacial score (nSPS) is 17.7. The number of rotatable bonds is 10. The van der Waals surface area contributed by atoms with Gasteiger partial charge in [0.15, 0.2) is 5.82 Å². The van der Waals surface area contributed by atoms with Crippen molar-refractivity contribution in [3.05, 3.63) is 47.2 Å². The number of carbonyl (C=O) groups excluding carboxylic acids is 1. The first-order valence-electron chi connectivity index (χ1n) is 13.7. The van der Waals surface area contributed by atoms with E-state index in [0.29, 0.717) is 17.1 Å². The molecule has 0 unspecified atom stereocenters. The smallest absolute Gasteiger partial charge is 0.407 e. The summed E-state index contributed by atoms with van der Waals surface area (Å²) in [5.74, 6) is 1.10. The molecule has 0 radical (unpaired) electrons. The topological polar surface area (TPSA) is 135 Å². The van der Waals surface area contributed by atoms with Crippen LogP contribution in [-0.4, -0.2) is 48.4 Å². The molecule has 1 amide bonds. The van der Waals surface area contributed by atoms with Gasteiger partial charge in [0, 0.05) is 36.0 Å². The molecule has 1 aliphatic carbocycles. The van der Waals surface area contributed by atoms with E-state index < -0.39 is 10.0 Å². The summed E-state index contributed by atoms with van der Waals surface area (Å²) in [6.07, 6.45) is 6.42. The number of hydrogen-bond acceptors (Lipinski definition) is 9. The van der Waals surface area contributed by atoms with Crippen LogP contribution in [0.2, 0.25) is 0 Å². The van der Waals surface area contributed by atoms with Gasteiger partial charge in [-0.3, -0.25) is 0 Å². The van der Waals surface area contributed by atoms with Crippen LogP contribution in [0.1, 0.15) is 82.7 Å². The first-order valence-corrected chi connectivity index (χ1v) is 16.0. The van der Waals surface area contributed by atoms with Gasteiger partial charge in [-0.05, 0) is 69.2 Å². The molecule has 0 spiro atoms. The minimum Gasteiger partial charge on any atom is -0.447 e. The Balaban J connectivity index is 1.53. The van der Waals surface area contributed by atoms with Gasteiger partial charge >= 0.3 is 6.09 Å². The van der Waals surface area contributed by atoms with E-state index in [4.69, 9.17) is 4.74 Å². The molecule has 1 aromatic carbocycles. The summed E-state index contributed by atoms with van der Waals surface area (Å²) in [6, 6.07) is 7.28. The number of sulfonamides is 1. The minimum atomic E-state index is -3.77. The average Bonchev–Trinajstić information content (AvgIpc) is 3.39. The highest BCUT2D eigenvalue weighted by atomic mass is 32.2. The third kappa shape index (κ3) is 7.55. The number of anilines is 2. The van der Waals surface area contributed by atoms with E-state index in [1.54, 1.807) is 25.4 Å². The molecule has 1 aliphatic rings. The van der Waals surface area contributed by atoms with Crippen LogP contribution in [0, 0.1) is 0 Å². The minimum absolute atomic E-state index is 0.0877. The summed E-state index contributed by atoms with van der Waals surface area (Å²) in [7, 11) is -3.77. The lowest BCUT2D eigenvalue weighted by Crippen LogP contribution is -2.38. The molecule has 0 aliphatic heterocycles. The van der Waals surface area contributed by atoms with E-state index in [9.17, 15) is 13.2 Å². The second-order valence-corrected chi connectivity index (χ2v) is 13.4. The molecular formula is C28H38N6O4S2. The van der Waals surface area contributed by atoms with Crippen molar-refractivity contribution < 1.29 is 17.9 Å². The third-order valence-electron chi connectivity index (χ3n) is 6.75. The maximum Gasteiger partial charge on any atom is 0.407 e. The highest BCUT2D eigenvalue weighted by molar-refractivity contribution is 7.89. The van der Waals surface area contributed by atoms with Gasteiger partial charge in [0.2, 0.25) is 10.0 Å². The fourth-order valence-electron chi connectivity index (χ4n) is 4.70. The van der Waals surface area contributed by atoms with Crippen molar-refractivity contribution in [2.45, 2.75) is 89.2 Å². The standard InChI is InChI=1S/C28H38N6O4S2/c1-6-31-40(36,37)25-14-22(32-26-13-20(17(2)3)15-30-34-26)11-12-23(25)24-16-29-27(39-24)19-7-9-21(10-8-19)33-28(35)38-18(4)5/h11-19,21,31H,6-10H2,1-5H3,(H,32,34)(H,33,35)/t19-,21-. The lowest BCUT2D eigenvalue weighted by Gasteiger charge is -2.28. The van der Waals surface area contributed by atoms with Gasteiger partial charge in [0.1, 0.15) is 0 Å². The van der Waals surface area contributed by atoms with Gasteiger partial charge in [-0.2, -0.15) is 5.10 Å². The van der Waals surface area contributed by atoms with Crippen LogP contribution in [0.4, 0.5) is 16.3 Å². The quantitative estimate of drug-likeness (QED) is 0.266. The van der Waals surface area contributed by atoms with E-state index in [-0.39, 0.29) is 41.5 Å². The second kappa shape index (κ2) is 13.0. The zero-order valence-electron chi connectivity index (χ0n) is 23.6. The van der Waals surface area contributed by atoms with E-state index in [0.717, 1.165) is 41.1 Å². The van der Waals surface area contributed by atoms with Gasteiger partial charge in [-0.25, -0.2) is 22.9 Å². The van der Waals surface area contributed by atoms with Crippen molar-refractivity contribution in [2.75, 3.05) is 11.9 Å². The molecular weight excluding hydrogens is 548 g/mol. The SMILES string of the molecule is CCNS(=O)(=O)c1cc(Nc2cc(C(C)C)cnn2)ccc1-c1cnc([C@H]2CC[C@H](NC(=O)OC(C)C)CC2)s1. The number of ether oxygens (including phenoxy) is 1. The largest absolute Gasteiger partial charge is 0.447 e. The average molecular weight is 587 g/mol. The highest BCUT2D eigenvalue weighted by Gasteiger charge is 2.27. The Kier molecular flexibility index (Phi) is 9.75. The number of nitrogens with zero attached hydrogens (tertiary/aromatic N) is 3. The van der Waals surface area contributed by atoms with Gasteiger partial charge in [-0.15, -0.1) is 16.4 Å². The maximum absolute atomic E-state index is 13.2. The summed E-state index contributed by atoms with van der Waals surface area (Å²) in [6.45, 7) is 9.84. The molecule has 4 rings (SSSR count). The number of hydrogen-bond donors (Lipinski definition) is 3. The second-order valence-electron chi connectivity index (χ2n) is 10.6. The molecule has 40 heavy (non-hydrogen) atoms. The molecule has 0 bridgehead atoms. The molecule has 3 N–H and O–H groups in total. The van der Waals surface area contributed by atoms with Crippen molar-refractivity contribution in [2.24, 2.45) is 0 Å². The number of alkyl carbamates (subject to hydrolysis) is 1. The number of aromatic nitrogens is 3. The number of carbonyl (C=O) groups is 1. The fourth-order valence-corrected chi connectivity index (χ4v) is 7.18. The van der Waals surface area contributed by atoms with Crippen molar-refractivity contribution in [1.29, 1.82) is 0 Å². The molecule has 1 saturated carbocycles. The van der Waals surface area contributed by atoms with E-state index in [1.165, 1.54) is 11.3 Å². The van der Waals surface area contributed by atoms with Crippen LogP contribution in [0.3, 0.4) is 0 Å². The Hall–Kier alpha value is -3.09. The summed E-state index contributed by atoms with van der Waals surface area (Å²) in [5, 5.41) is 15.4. The Morgan fingerprint density at radius 2 is 1.85 bits per heavy atom. The van der Waals surface area contributed by atoms with Crippen LogP contribution >= 0.6 is 11.3 Å². The van der Waals surface area contributed by atoms with E-state index in [1.807, 2.05) is 32.0 Å². The van der Waals surface area contributed by atoms with Crippen LogP contribution in [0.5, 0.6) is 0 Å². The summed E-state index contributed by atoms with van der Waals surface area (Å²) >= 11 is 1.52. The predicted molar refractivity (Wildman–Crippen MR) is 158 cm³/mol. The first kappa shape index (κ1) is 29.9. The molecule has 0 saturated heterocycles. The Bertz CT molecular complexity index is 1420. The maximum atomic E-state index is 13.2. The van der Waals surface area contributed by atoms with Gasteiger partial charge in [0.25, 0.3) is 0 Å². The van der Waals surface area contributed by atoms with E-state index in [2.05, 4.69) is 44.4 Å². The van der Waals surface area contributed by atoms with Crippen molar-refractivity contribution in [1.82, 2.24) is 25.2 Å². The zero-order chi connectivity index (χ0) is 28.9. The summed E-state index contributed by atoms with van der Waals surface area (Å²) < 4.78 is 34.3. The molecule has 0 atom stereocenters. The van der Waals surface area contributed by atoms with Crippen LogP contribution in [-0.2, 0) is 14.8 Å². The molecule has 3 aromatic rings. The van der Waals surface area contributed by atoms with E-state index >= 15 is 0 Å². The van der Waals surface area contributed by atoms with Crippen molar-refractivity contribution in [3.63, 3.8) is 0 Å². The molecule has 216 valence electrons. The van der Waals surface area contributed by atoms with Crippen LogP contribution in [0.25, 0.3) is 10.4 Å². The third-order valence-corrected chi connectivity index (χ3v) is 9.53. The summed E-state index contributed by atoms with van der Waals surface area (Å²) in [5.41, 5.74) is 2.23. The first-order chi connectivity index (χ1) is 19.1. The Morgan fingerprint density at radius 3 is 2.52 bits per heavy atom. The van der Waals surface area contributed by atoms with Gasteiger partial charge in [0.05, 0.1) is 27.1 Å². The highest BCUT2D eigenvalue weighted by Crippen LogP contribution is 2.40. The van der Waals surface area contributed by atoms with Gasteiger partial charge < -0.3 is 15.4 Å². The lowest BCUT2D eigenvalue weighted by molar-refractivity contribution is 0.109. The number of nitrogens with one attached hydrogen (secondary N) is 3. The fraction of sp³-hybridized carbons (Fsp3) is 0.500. The monoisotopic (exact) mass is 586 g/mol. The molecule has 12 heteroatoms. The number of thiazole rings is 1. The van der Waals surface area contributed by atoms with Crippen LogP contribution in [0.15, 0.2) is 41.6 Å². The Morgan fingerprint density at radius 1 is 1.10 bits per heavy atom. The molecule has 10 nitrogen and oxygen atoms in total. The Labute approximate surface area is 240 Å².